The highest BCUT2D eigenvalue weighted by Gasteiger charge is 2.24. The van der Waals surface area contributed by atoms with Crippen molar-refractivity contribution in [3.05, 3.63) is 39.8 Å². The zero-order valence-corrected chi connectivity index (χ0v) is 21.4. The van der Waals surface area contributed by atoms with Crippen LogP contribution in [0.4, 0.5) is 0 Å². The van der Waals surface area contributed by atoms with Crippen LogP contribution in [-0.4, -0.2) is 40.8 Å². The van der Waals surface area contributed by atoms with Crippen LogP contribution in [0.5, 0.6) is 0 Å². The first-order valence-corrected chi connectivity index (χ1v) is 13.3. The third-order valence-corrected chi connectivity index (χ3v) is 7.46. The molecule has 0 amide bonds. The van der Waals surface area contributed by atoms with Crippen LogP contribution in [0.15, 0.2) is 28.1 Å². The summed E-state index contributed by atoms with van der Waals surface area (Å²) < 4.78 is 30.6. The molecular formula is C20H29Cl2N2O5PS. The van der Waals surface area contributed by atoms with Gasteiger partial charge in [0, 0.05) is 21.5 Å². The summed E-state index contributed by atoms with van der Waals surface area (Å²) in [5.74, 6) is 0.668. The third kappa shape index (κ3) is 7.76. The van der Waals surface area contributed by atoms with Crippen molar-refractivity contribution in [2.75, 3.05) is 26.2 Å². The molecule has 0 spiro atoms. The van der Waals surface area contributed by atoms with Gasteiger partial charge in [0.1, 0.15) is 23.8 Å². The second kappa shape index (κ2) is 12.6. The largest absolute Gasteiger partial charge is 0.388 e. The molecule has 1 aromatic heterocycles. The highest BCUT2D eigenvalue weighted by atomic mass is 35.5. The molecular weight excluding hydrogens is 482 g/mol. The van der Waals surface area contributed by atoms with E-state index >= 15 is 0 Å². The van der Waals surface area contributed by atoms with Gasteiger partial charge in [0.25, 0.3) is 0 Å². The lowest BCUT2D eigenvalue weighted by Gasteiger charge is -2.18. The van der Waals surface area contributed by atoms with E-state index < -0.39 is 7.60 Å². The SMILES string of the molecule is CCOP(=O)(COCCn1c(CO)nc(C(C)C)c1Sc1cc(Cl)cc(Cl)c1)OCC. The lowest BCUT2D eigenvalue weighted by atomic mass is 10.1. The number of hydrogen-bond donors (Lipinski definition) is 1. The number of aliphatic hydroxyl groups excluding tert-OH is 1. The maximum atomic E-state index is 12.6. The molecule has 0 bridgehead atoms. The van der Waals surface area contributed by atoms with Crippen molar-refractivity contribution in [2.45, 2.75) is 56.7 Å². The van der Waals surface area contributed by atoms with E-state index in [9.17, 15) is 9.67 Å². The van der Waals surface area contributed by atoms with E-state index in [2.05, 4.69) is 4.98 Å². The predicted octanol–water partition coefficient (Wildman–Crippen LogP) is 6.20. The van der Waals surface area contributed by atoms with E-state index in [1.165, 1.54) is 11.8 Å². The maximum absolute atomic E-state index is 12.6. The quantitative estimate of drug-likeness (QED) is 0.253. The van der Waals surface area contributed by atoms with Crippen molar-refractivity contribution in [1.29, 1.82) is 0 Å². The number of benzene rings is 1. The first kappa shape index (κ1) is 26.7. The lowest BCUT2D eigenvalue weighted by molar-refractivity contribution is 0.124. The molecule has 0 aliphatic heterocycles. The Kier molecular flexibility index (Phi) is 10.9. The standard InChI is InChI=1S/C20H29Cl2N2O5PS/c1-5-28-30(26,29-6-2)13-27-8-7-24-18(12-25)23-19(14(3)4)20(24)31-17-10-15(21)9-16(22)11-17/h9-11,14,25H,5-8,12-13H2,1-4H3. The van der Waals surface area contributed by atoms with Gasteiger partial charge in [-0.2, -0.15) is 0 Å². The van der Waals surface area contributed by atoms with Crippen LogP contribution in [0.1, 0.15) is 45.1 Å². The Labute approximate surface area is 197 Å². The summed E-state index contributed by atoms with van der Waals surface area (Å²) in [6.07, 6.45) is -0.138. The van der Waals surface area contributed by atoms with Crippen LogP contribution < -0.4 is 0 Å². The van der Waals surface area contributed by atoms with E-state index in [1.54, 1.807) is 19.9 Å². The molecule has 0 saturated heterocycles. The van der Waals surface area contributed by atoms with Crippen LogP contribution in [0.3, 0.4) is 0 Å². The van der Waals surface area contributed by atoms with E-state index in [0.717, 1.165) is 15.6 Å². The Morgan fingerprint density at radius 3 is 2.29 bits per heavy atom. The molecule has 2 rings (SSSR count). The summed E-state index contributed by atoms with van der Waals surface area (Å²) in [7, 11) is -3.28. The molecule has 0 unspecified atom stereocenters. The van der Waals surface area contributed by atoms with Gasteiger partial charge < -0.3 is 23.5 Å². The van der Waals surface area contributed by atoms with Crippen molar-refractivity contribution in [3.8, 4) is 0 Å². The molecule has 0 atom stereocenters. The van der Waals surface area contributed by atoms with Crippen molar-refractivity contribution >= 4 is 42.6 Å². The summed E-state index contributed by atoms with van der Waals surface area (Å²) in [5.41, 5.74) is 0.861. The molecule has 31 heavy (non-hydrogen) atoms. The molecule has 2 aromatic rings. The predicted molar refractivity (Wildman–Crippen MR) is 125 cm³/mol. The molecule has 0 fully saturated rings. The highest BCUT2D eigenvalue weighted by molar-refractivity contribution is 7.99. The highest BCUT2D eigenvalue weighted by Crippen LogP contribution is 2.47. The number of aromatic nitrogens is 2. The molecule has 0 saturated carbocycles. The molecule has 11 heteroatoms. The molecule has 1 N–H and O–H groups in total. The Balaban J connectivity index is 2.22. The number of aliphatic hydroxyl groups is 1. The summed E-state index contributed by atoms with van der Waals surface area (Å²) in [5, 5.41) is 11.8. The summed E-state index contributed by atoms with van der Waals surface area (Å²) in [6, 6.07) is 5.33. The minimum Gasteiger partial charge on any atom is -0.388 e. The number of hydrogen-bond acceptors (Lipinski definition) is 7. The van der Waals surface area contributed by atoms with Gasteiger partial charge in [-0.25, -0.2) is 4.98 Å². The van der Waals surface area contributed by atoms with Gasteiger partial charge in [0.15, 0.2) is 0 Å². The fourth-order valence-electron chi connectivity index (χ4n) is 2.87. The Bertz CT molecular complexity index is 880. The third-order valence-electron chi connectivity index (χ3n) is 4.12. The van der Waals surface area contributed by atoms with Crippen LogP contribution in [0.2, 0.25) is 10.0 Å². The minimum atomic E-state index is -3.28. The number of nitrogens with zero attached hydrogens (tertiary/aromatic N) is 2. The summed E-state index contributed by atoms with van der Waals surface area (Å²) >= 11 is 13.8. The average Bonchev–Trinajstić information content (AvgIpc) is 3.02. The number of halogens is 2. The first-order chi connectivity index (χ1) is 14.7. The fraction of sp³-hybridized carbons (Fsp3) is 0.550. The van der Waals surface area contributed by atoms with Crippen molar-refractivity contribution in [2.24, 2.45) is 0 Å². The van der Waals surface area contributed by atoms with Gasteiger partial charge in [-0.15, -0.1) is 0 Å². The van der Waals surface area contributed by atoms with Gasteiger partial charge in [-0.1, -0.05) is 48.8 Å². The molecule has 0 aliphatic rings. The van der Waals surface area contributed by atoms with E-state index in [-0.39, 0.29) is 38.7 Å². The molecule has 1 aromatic carbocycles. The first-order valence-electron chi connectivity index (χ1n) is 10.0. The molecule has 174 valence electrons. The Morgan fingerprint density at radius 1 is 1.16 bits per heavy atom. The normalized spacial score (nSPS) is 12.1. The smallest absolute Gasteiger partial charge is 0.356 e. The van der Waals surface area contributed by atoms with Crippen LogP contribution in [-0.2, 0) is 31.5 Å². The van der Waals surface area contributed by atoms with Crippen molar-refractivity contribution in [3.63, 3.8) is 0 Å². The van der Waals surface area contributed by atoms with Crippen LogP contribution in [0, 0.1) is 0 Å². The van der Waals surface area contributed by atoms with Gasteiger partial charge >= 0.3 is 7.60 Å². The monoisotopic (exact) mass is 510 g/mol. The molecule has 0 radical (unpaired) electrons. The Hall–Kier alpha value is -0.570. The fourth-order valence-corrected chi connectivity index (χ4v) is 6.18. The van der Waals surface area contributed by atoms with E-state index in [0.29, 0.717) is 22.4 Å². The van der Waals surface area contributed by atoms with Gasteiger partial charge in [0.05, 0.1) is 25.5 Å². The van der Waals surface area contributed by atoms with E-state index in [4.69, 9.17) is 37.0 Å². The topological polar surface area (TPSA) is 82.8 Å². The molecule has 1 heterocycles. The van der Waals surface area contributed by atoms with E-state index in [1.807, 2.05) is 30.5 Å². The molecule has 7 nitrogen and oxygen atoms in total. The minimum absolute atomic E-state index is 0.138. The summed E-state index contributed by atoms with van der Waals surface area (Å²) in [4.78, 5) is 5.49. The number of imidazole rings is 1. The second-order valence-electron chi connectivity index (χ2n) is 6.87. The van der Waals surface area contributed by atoms with Gasteiger partial charge in [-0.05, 0) is 38.0 Å². The number of rotatable bonds is 13. The summed E-state index contributed by atoms with van der Waals surface area (Å²) in [6.45, 7) is 8.58. The molecule has 0 aliphatic carbocycles. The zero-order chi connectivity index (χ0) is 23.0. The van der Waals surface area contributed by atoms with Crippen molar-refractivity contribution in [1.82, 2.24) is 9.55 Å². The Morgan fingerprint density at radius 2 is 1.77 bits per heavy atom. The maximum Gasteiger partial charge on any atom is 0.356 e. The average molecular weight is 511 g/mol. The number of ether oxygens (including phenoxy) is 1. The van der Waals surface area contributed by atoms with Gasteiger partial charge in [0.2, 0.25) is 0 Å². The van der Waals surface area contributed by atoms with Crippen LogP contribution in [0.25, 0.3) is 0 Å². The zero-order valence-electron chi connectivity index (χ0n) is 18.1. The lowest BCUT2D eigenvalue weighted by Crippen LogP contribution is -2.12. The van der Waals surface area contributed by atoms with Gasteiger partial charge in [-0.3, -0.25) is 4.57 Å². The second-order valence-corrected chi connectivity index (χ2v) is 10.8. The van der Waals surface area contributed by atoms with Crippen LogP contribution >= 0.6 is 42.6 Å². The van der Waals surface area contributed by atoms with Crippen molar-refractivity contribution < 1.29 is 23.5 Å².